The largest absolute Gasteiger partial charge is 0.544 e. The molecule has 0 spiro atoms. The van der Waals surface area contributed by atoms with Crippen LogP contribution in [-0.4, -0.2) is 54.1 Å². The van der Waals surface area contributed by atoms with Crippen molar-refractivity contribution in [3.63, 3.8) is 0 Å². The van der Waals surface area contributed by atoms with Crippen molar-refractivity contribution in [1.82, 2.24) is 0 Å². The van der Waals surface area contributed by atoms with Gasteiger partial charge >= 0.3 is 0 Å². The summed E-state index contributed by atoms with van der Waals surface area (Å²) in [6.07, 6.45) is 0. The van der Waals surface area contributed by atoms with Crippen LogP contribution in [0.5, 0.6) is 17.2 Å². The molecule has 0 amide bonds. The number of nitrogens with one attached hydrogen (secondary N) is 1. The van der Waals surface area contributed by atoms with Gasteiger partial charge in [0.1, 0.15) is 19.6 Å². The molecular weight excluding hydrogens is 290 g/mol. The second-order valence-corrected chi connectivity index (χ2v) is 4.75. The van der Waals surface area contributed by atoms with Crippen molar-refractivity contribution in [2.75, 3.05) is 48.1 Å². The number of rotatable bonds is 10. The van der Waals surface area contributed by atoms with E-state index in [1.165, 1.54) is 21.3 Å². The topological polar surface area (TPSA) is 81.5 Å². The SMILES string of the molecule is COCC[NH+](CC(=O)[O-])Cc1cc(OC)c(OC)c(OC)c1. The Hall–Kier alpha value is -1.99. The number of methoxy groups -OCH3 is 4. The van der Waals surface area contributed by atoms with Crippen molar-refractivity contribution in [1.29, 1.82) is 0 Å². The Bertz CT molecular complexity index is 466. The molecule has 22 heavy (non-hydrogen) atoms. The number of hydrogen-bond acceptors (Lipinski definition) is 6. The summed E-state index contributed by atoms with van der Waals surface area (Å²) in [5, 5.41) is 10.9. The van der Waals surface area contributed by atoms with Crippen molar-refractivity contribution in [3.05, 3.63) is 17.7 Å². The van der Waals surface area contributed by atoms with Crippen LogP contribution >= 0.6 is 0 Å². The van der Waals surface area contributed by atoms with Crippen molar-refractivity contribution in [3.8, 4) is 17.2 Å². The van der Waals surface area contributed by atoms with Crippen LogP contribution in [0.4, 0.5) is 0 Å². The summed E-state index contributed by atoms with van der Waals surface area (Å²) < 4.78 is 20.9. The first-order valence-corrected chi connectivity index (χ1v) is 6.86. The van der Waals surface area contributed by atoms with E-state index in [4.69, 9.17) is 18.9 Å². The van der Waals surface area contributed by atoms with Gasteiger partial charge in [-0.05, 0) is 12.1 Å². The zero-order valence-corrected chi connectivity index (χ0v) is 13.4. The second-order valence-electron chi connectivity index (χ2n) is 4.75. The summed E-state index contributed by atoms with van der Waals surface area (Å²) in [5.74, 6) is 0.485. The minimum atomic E-state index is -1.10. The number of quaternary nitrogens is 1. The van der Waals surface area contributed by atoms with Crippen LogP contribution in [0.2, 0.25) is 0 Å². The zero-order valence-electron chi connectivity index (χ0n) is 13.4. The fourth-order valence-electron chi connectivity index (χ4n) is 2.22. The Morgan fingerprint density at radius 3 is 2.09 bits per heavy atom. The number of benzene rings is 1. The molecule has 0 bridgehead atoms. The molecule has 1 aromatic rings. The molecule has 0 aliphatic rings. The first-order valence-electron chi connectivity index (χ1n) is 6.86. The van der Waals surface area contributed by atoms with Crippen LogP contribution in [0.3, 0.4) is 0 Å². The van der Waals surface area contributed by atoms with Gasteiger partial charge in [0.15, 0.2) is 11.5 Å². The van der Waals surface area contributed by atoms with E-state index in [9.17, 15) is 9.90 Å². The van der Waals surface area contributed by atoms with Crippen LogP contribution in [0.15, 0.2) is 12.1 Å². The number of ether oxygens (including phenoxy) is 4. The van der Waals surface area contributed by atoms with E-state index in [0.717, 1.165) is 10.5 Å². The van der Waals surface area contributed by atoms with E-state index < -0.39 is 5.97 Å². The van der Waals surface area contributed by atoms with Crippen molar-refractivity contribution in [2.45, 2.75) is 6.54 Å². The third-order valence-corrected chi connectivity index (χ3v) is 3.23. The molecule has 1 aromatic carbocycles. The van der Waals surface area contributed by atoms with Crippen LogP contribution < -0.4 is 24.2 Å². The van der Waals surface area contributed by atoms with Gasteiger partial charge in [-0.1, -0.05) is 0 Å². The average Bonchev–Trinajstić information content (AvgIpc) is 2.50. The van der Waals surface area contributed by atoms with Crippen LogP contribution in [0, 0.1) is 0 Å². The fourth-order valence-corrected chi connectivity index (χ4v) is 2.22. The molecule has 0 fully saturated rings. The molecule has 1 N–H and O–H groups in total. The number of hydrogen-bond donors (Lipinski definition) is 1. The minimum Gasteiger partial charge on any atom is -0.544 e. The normalized spacial score (nSPS) is 11.8. The standard InChI is InChI=1S/C15H23NO6/c1-19-6-5-16(10-14(17)18)9-11-7-12(20-2)15(22-4)13(8-11)21-3/h7-8H,5-6,9-10H2,1-4H3,(H,17,18). The lowest BCUT2D eigenvalue weighted by Gasteiger charge is -2.21. The van der Waals surface area contributed by atoms with Crippen molar-refractivity contribution >= 4 is 5.97 Å². The lowest BCUT2D eigenvalue weighted by atomic mass is 10.1. The van der Waals surface area contributed by atoms with Crippen molar-refractivity contribution < 1.29 is 33.7 Å². The highest BCUT2D eigenvalue weighted by atomic mass is 16.5. The number of carboxylic acids is 1. The molecule has 7 nitrogen and oxygen atoms in total. The Morgan fingerprint density at radius 1 is 1.09 bits per heavy atom. The Balaban J connectivity index is 3.00. The summed E-state index contributed by atoms with van der Waals surface area (Å²) in [5.41, 5.74) is 0.877. The molecule has 0 aromatic heterocycles. The summed E-state index contributed by atoms with van der Waals surface area (Å²) in [6, 6.07) is 3.62. The van der Waals surface area contributed by atoms with E-state index in [1.54, 1.807) is 7.11 Å². The third-order valence-electron chi connectivity index (χ3n) is 3.23. The van der Waals surface area contributed by atoms with Gasteiger partial charge in [-0.25, -0.2) is 0 Å². The van der Waals surface area contributed by atoms with Gasteiger partial charge in [0, 0.05) is 12.7 Å². The highest BCUT2D eigenvalue weighted by Crippen LogP contribution is 2.37. The quantitative estimate of drug-likeness (QED) is 0.566. The molecule has 124 valence electrons. The second kappa shape index (κ2) is 9.11. The first-order chi connectivity index (χ1) is 10.5. The lowest BCUT2D eigenvalue weighted by molar-refractivity contribution is -0.908. The van der Waals surface area contributed by atoms with Gasteiger partial charge in [-0.15, -0.1) is 0 Å². The highest BCUT2D eigenvalue weighted by molar-refractivity contribution is 5.65. The van der Waals surface area contributed by atoms with Gasteiger partial charge in [0.05, 0.1) is 33.9 Å². The van der Waals surface area contributed by atoms with Gasteiger partial charge in [0.2, 0.25) is 5.75 Å². The Kier molecular flexibility index (Phi) is 7.48. The van der Waals surface area contributed by atoms with Gasteiger partial charge in [-0.2, -0.15) is 0 Å². The fraction of sp³-hybridized carbons (Fsp3) is 0.533. The monoisotopic (exact) mass is 313 g/mol. The van der Waals surface area contributed by atoms with E-state index in [2.05, 4.69) is 0 Å². The van der Waals surface area contributed by atoms with Crippen molar-refractivity contribution in [2.24, 2.45) is 0 Å². The summed E-state index contributed by atoms with van der Waals surface area (Å²) in [4.78, 5) is 11.7. The van der Waals surface area contributed by atoms with Gasteiger partial charge in [0.25, 0.3) is 0 Å². The minimum absolute atomic E-state index is 0.0972. The molecule has 0 saturated heterocycles. The summed E-state index contributed by atoms with van der Waals surface area (Å²) >= 11 is 0. The van der Waals surface area contributed by atoms with Crippen LogP contribution in [-0.2, 0) is 16.1 Å². The van der Waals surface area contributed by atoms with E-state index in [0.29, 0.717) is 36.9 Å². The molecule has 1 atom stereocenters. The molecule has 1 rings (SSSR count). The Labute approximate surface area is 130 Å². The van der Waals surface area contributed by atoms with Gasteiger partial charge < -0.3 is 33.7 Å². The number of aliphatic carboxylic acids is 1. The maximum absolute atomic E-state index is 10.9. The molecule has 7 heteroatoms. The lowest BCUT2D eigenvalue weighted by Crippen LogP contribution is -3.12. The third kappa shape index (κ3) is 5.09. The summed E-state index contributed by atoms with van der Waals surface area (Å²) in [7, 11) is 6.19. The molecule has 0 radical (unpaired) electrons. The van der Waals surface area contributed by atoms with Crippen LogP contribution in [0.1, 0.15) is 5.56 Å². The number of carbonyl (C=O) groups excluding carboxylic acids is 1. The highest BCUT2D eigenvalue weighted by Gasteiger charge is 2.17. The number of carboxylic acid groups (broad SMARTS) is 1. The Morgan fingerprint density at radius 2 is 1.68 bits per heavy atom. The van der Waals surface area contributed by atoms with E-state index in [-0.39, 0.29) is 6.54 Å². The molecule has 0 aliphatic carbocycles. The summed E-state index contributed by atoms with van der Waals surface area (Å²) in [6.45, 7) is 1.41. The van der Waals surface area contributed by atoms with Crippen LogP contribution in [0.25, 0.3) is 0 Å². The zero-order chi connectivity index (χ0) is 16.5. The molecular formula is C15H23NO6. The maximum Gasteiger partial charge on any atom is 0.203 e. The molecule has 1 unspecified atom stereocenters. The van der Waals surface area contributed by atoms with E-state index >= 15 is 0 Å². The predicted octanol–water partition coefficient (Wildman–Crippen LogP) is -1.51. The number of carbonyl (C=O) groups is 1. The molecule has 0 heterocycles. The van der Waals surface area contributed by atoms with Gasteiger partial charge in [-0.3, -0.25) is 0 Å². The smallest absolute Gasteiger partial charge is 0.203 e. The first kappa shape index (κ1) is 18.1. The van der Waals surface area contributed by atoms with E-state index in [1.807, 2.05) is 12.1 Å². The molecule has 0 saturated carbocycles. The maximum atomic E-state index is 10.9. The average molecular weight is 313 g/mol. The predicted molar refractivity (Wildman–Crippen MR) is 77.4 cm³/mol. The molecule has 0 aliphatic heterocycles.